The summed E-state index contributed by atoms with van der Waals surface area (Å²) in [6.45, 7) is 2.16. The number of carbonyl (C=O) groups excluding carboxylic acids is 2. The van der Waals surface area contributed by atoms with Crippen LogP contribution in [-0.4, -0.2) is 73.0 Å². The second-order valence-electron chi connectivity index (χ2n) is 10.8. The van der Waals surface area contributed by atoms with Crippen molar-refractivity contribution in [3.63, 3.8) is 0 Å². The second kappa shape index (κ2) is 11.7. The number of pyridine rings is 1. The summed E-state index contributed by atoms with van der Waals surface area (Å²) < 4.78 is 42.1. The Hall–Kier alpha value is -2.85. The number of nitrogens with zero attached hydrogens (tertiary/aromatic N) is 4. The summed E-state index contributed by atoms with van der Waals surface area (Å²) >= 11 is 6.28. The van der Waals surface area contributed by atoms with Crippen LogP contribution < -0.4 is 10.6 Å². The Balaban J connectivity index is 1.29. The van der Waals surface area contributed by atoms with Gasteiger partial charge in [0, 0.05) is 40.3 Å². The van der Waals surface area contributed by atoms with E-state index in [9.17, 15) is 22.8 Å². The normalized spacial score (nSPS) is 19.1. The molecule has 2 aliphatic rings. The smallest absolute Gasteiger partial charge is 0.357 e. The number of aromatic nitrogens is 1. The fraction of sp³-hybridized carbons (Fsp3) is 0.536. The third kappa shape index (κ3) is 6.17. The lowest BCUT2D eigenvalue weighted by molar-refractivity contribution is -0.201. The topological polar surface area (TPSA) is 82.8 Å². The number of carbonyl (C=O) groups is 2. The van der Waals surface area contributed by atoms with Gasteiger partial charge in [-0.15, -0.1) is 0 Å². The number of hydrogen-bond acceptors (Lipinski definition) is 5. The highest BCUT2D eigenvalue weighted by atomic mass is 35.5. The van der Waals surface area contributed by atoms with E-state index in [1.54, 1.807) is 26.2 Å². The number of benzene rings is 1. The summed E-state index contributed by atoms with van der Waals surface area (Å²) in [4.78, 5) is 34.6. The molecule has 0 radical (unpaired) electrons. The molecule has 2 amide bonds. The number of likely N-dealkylation sites (tertiary alicyclic amines) is 1. The van der Waals surface area contributed by atoms with Gasteiger partial charge in [-0.1, -0.05) is 41.9 Å². The Kier molecular flexibility index (Phi) is 8.75. The zero-order chi connectivity index (χ0) is 28.4. The number of anilines is 1. The van der Waals surface area contributed by atoms with Crippen molar-refractivity contribution in [2.75, 3.05) is 45.2 Å². The number of hydrogen-bond donors (Lipinski definition) is 1. The van der Waals surface area contributed by atoms with E-state index in [0.29, 0.717) is 30.2 Å². The second-order valence-corrected chi connectivity index (χ2v) is 11.1. The molecular weight excluding hydrogens is 531 g/mol. The predicted molar refractivity (Wildman–Crippen MR) is 144 cm³/mol. The Morgan fingerprint density at radius 3 is 2.05 bits per heavy atom. The maximum atomic E-state index is 14.0. The Bertz CT molecular complexity index is 1160. The van der Waals surface area contributed by atoms with Crippen LogP contribution in [0.2, 0.25) is 5.15 Å². The molecule has 1 aromatic carbocycles. The highest BCUT2D eigenvalue weighted by Crippen LogP contribution is 2.40. The van der Waals surface area contributed by atoms with E-state index in [-0.39, 0.29) is 29.7 Å². The van der Waals surface area contributed by atoms with Crippen molar-refractivity contribution in [3.05, 3.63) is 58.7 Å². The van der Waals surface area contributed by atoms with Gasteiger partial charge in [-0.3, -0.25) is 9.59 Å². The lowest BCUT2D eigenvalue weighted by Gasteiger charge is -2.40. The molecule has 0 spiro atoms. The standard InChI is InChI=1S/C28H35ClF3N5O2/c1-35(2)25(38)22-8-9-23(34-24(22)29)36-14-10-19(11-15-36)18-20-12-16-37(17-13-20)26(39)27(33,28(30,31)32)21-6-4-3-5-7-21/h3-9,19-20H,10-18,33H2,1-2H3/t27-/m1/s1. The molecule has 0 bridgehead atoms. The van der Waals surface area contributed by atoms with E-state index in [0.717, 1.165) is 38.2 Å². The summed E-state index contributed by atoms with van der Waals surface area (Å²) in [5, 5.41) is 0.189. The van der Waals surface area contributed by atoms with Gasteiger partial charge in [-0.25, -0.2) is 4.98 Å². The maximum absolute atomic E-state index is 14.0. The Labute approximate surface area is 232 Å². The predicted octanol–water partition coefficient (Wildman–Crippen LogP) is 4.70. The van der Waals surface area contributed by atoms with Crippen LogP contribution in [-0.2, 0) is 10.3 Å². The molecule has 0 aliphatic carbocycles. The molecule has 0 unspecified atom stereocenters. The van der Waals surface area contributed by atoms with Crippen molar-refractivity contribution in [2.45, 2.75) is 43.8 Å². The van der Waals surface area contributed by atoms with Crippen molar-refractivity contribution >= 4 is 29.2 Å². The molecule has 4 rings (SSSR count). The third-order valence-electron chi connectivity index (χ3n) is 7.99. The number of rotatable bonds is 6. The molecule has 2 fully saturated rings. The van der Waals surface area contributed by atoms with Crippen molar-refractivity contribution in [2.24, 2.45) is 17.6 Å². The highest BCUT2D eigenvalue weighted by Gasteiger charge is 2.60. The van der Waals surface area contributed by atoms with Crippen LogP contribution in [0.25, 0.3) is 0 Å². The maximum Gasteiger partial charge on any atom is 0.419 e. The quantitative estimate of drug-likeness (QED) is 0.514. The van der Waals surface area contributed by atoms with Crippen LogP contribution in [0, 0.1) is 11.8 Å². The Morgan fingerprint density at radius 2 is 1.54 bits per heavy atom. The molecule has 1 atom stereocenters. The average molecular weight is 566 g/mol. The third-order valence-corrected chi connectivity index (χ3v) is 8.28. The van der Waals surface area contributed by atoms with Gasteiger partial charge in [-0.05, 0) is 61.6 Å². The minimum Gasteiger partial charge on any atom is -0.357 e. The van der Waals surface area contributed by atoms with E-state index in [1.807, 2.05) is 6.07 Å². The fourth-order valence-corrected chi connectivity index (χ4v) is 5.83. The number of alkyl halides is 3. The summed E-state index contributed by atoms with van der Waals surface area (Å²) in [6.07, 6.45) is -0.681. The van der Waals surface area contributed by atoms with Gasteiger partial charge >= 0.3 is 6.18 Å². The SMILES string of the molecule is CN(C)C(=O)c1ccc(N2CCC(CC3CCN(C(=O)[C@](N)(c4ccccc4)C(F)(F)F)CC3)CC2)nc1Cl. The minimum atomic E-state index is -4.91. The first-order valence-electron chi connectivity index (χ1n) is 13.3. The first kappa shape index (κ1) is 29.1. The summed E-state index contributed by atoms with van der Waals surface area (Å²) in [7, 11) is 3.33. The molecule has 0 saturated carbocycles. The average Bonchev–Trinajstić information content (AvgIpc) is 2.92. The fourth-order valence-electron chi connectivity index (χ4n) is 5.60. The zero-order valence-electron chi connectivity index (χ0n) is 22.3. The molecule has 3 heterocycles. The van der Waals surface area contributed by atoms with Gasteiger partial charge in [0.05, 0.1) is 5.56 Å². The molecule has 2 N–H and O–H groups in total. The van der Waals surface area contributed by atoms with Crippen LogP contribution in [0.15, 0.2) is 42.5 Å². The molecule has 2 aliphatic heterocycles. The van der Waals surface area contributed by atoms with Crippen molar-refractivity contribution in [1.82, 2.24) is 14.8 Å². The van der Waals surface area contributed by atoms with E-state index >= 15 is 0 Å². The first-order valence-corrected chi connectivity index (χ1v) is 13.6. The number of piperidine rings is 2. The lowest BCUT2D eigenvalue weighted by atomic mass is 9.82. The van der Waals surface area contributed by atoms with E-state index in [4.69, 9.17) is 17.3 Å². The zero-order valence-corrected chi connectivity index (χ0v) is 23.0. The van der Waals surface area contributed by atoms with Gasteiger partial charge in [0.15, 0.2) is 0 Å². The van der Waals surface area contributed by atoms with Gasteiger partial charge < -0.3 is 20.4 Å². The van der Waals surface area contributed by atoms with Crippen molar-refractivity contribution in [3.8, 4) is 0 Å². The highest BCUT2D eigenvalue weighted by molar-refractivity contribution is 6.32. The molecule has 11 heteroatoms. The Morgan fingerprint density at radius 1 is 0.974 bits per heavy atom. The molecule has 1 aromatic heterocycles. The summed E-state index contributed by atoms with van der Waals surface area (Å²) in [5.41, 5.74) is 2.88. The molecule has 2 saturated heterocycles. The minimum absolute atomic E-state index is 0.189. The lowest BCUT2D eigenvalue weighted by Crippen LogP contribution is -2.62. The largest absolute Gasteiger partial charge is 0.419 e. The van der Waals surface area contributed by atoms with Gasteiger partial charge in [0.2, 0.25) is 5.54 Å². The summed E-state index contributed by atoms with van der Waals surface area (Å²) in [6, 6.07) is 10.6. The monoisotopic (exact) mass is 565 g/mol. The van der Waals surface area contributed by atoms with Crippen molar-refractivity contribution in [1.29, 1.82) is 0 Å². The number of amides is 2. The van der Waals surface area contributed by atoms with E-state index in [2.05, 4.69) is 9.88 Å². The van der Waals surface area contributed by atoms with Crippen LogP contribution in [0.3, 0.4) is 0 Å². The molecule has 212 valence electrons. The molecule has 39 heavy (non-hydrogen) atoms. The van der Waals surface area contributed by atoms with Crippen LogP contribution in [0.5, 0.6) is 0 Å². The van der Waals surface area contributed by atoms with E-state index in [1.165, 1.54) is 34.1 Å². The van der Waals surface area contributed by atoms with Crippen LogP contribution in [0.1, 0.15) is 48.0 Å². The van der Waals surface area contributed by atoms with Gasteiger partial charge in [-0.2, -0.15) is 13.2 Å². The van der Waals surface area contributed by atoms with Crippen LogP contribution >= 0.6 is 11.6 Å². The van der Waals surface area contributed by atoms with Gasteiger partial charge in [0.25, 0.3) is 11.8 Å². The number of nitrogens with two attached hydrogens (primary N) is 1. The van der Waals surface area contributed by atoms with E-state index < -0.39 is 17.6 Å². The first-order chi connectivity index (χ1) is 18.4. The molecule has 2 aromatic rings. The van der Waals surface area contributed by atoms with Gasteiger partial charge in [0.1, 0.15) is 11.0 Å². The van der Waals surface area contributed by atoms with Crippen LogP contribution in [0.4, 0.5) is 19.0 Å². The molecule has 7 nitrogen and oxygen atoms in total. The summed E-state index contributed by atoms with van der Waals surface area (Å²) in [5.74, 6) is 0.309. The molecular formula is C28H35ClF3N5O2. The van der Waals surface area contributed by atoms with Crippen molar-refractivity contribution < 1.29 is 22.8 Å². The number of halogens is 4.